The molecule has 1 fully saturated rings. The first kappa shape index (κ1) is 17.6. The van der Waals surface area contributed by atoms with E-state index in [1.807, 2.05) is 0 Å². The molecule has 2 aliphatic rings. The van der Waals surface area contributed by atoms with Gasteiger partial charge in [-0.3, -0.25) is 14.5 Å². The molecule has 1 saturated heterocycles. The van der Waals surface area contributed by atoms with E-state index in [1.165, 1.54) is 11.8 Å². The minimum absolute atomic E-state index is 0.128. The summed E-state index contributed by atoms with van der Waals surface area (Å²) < 4.78 is 4.60. The Kier molecular flexibility index (Phi) is 4.89. The summed E-state index contributed by atoms with van der Waals surface area (Å²) in [6.07, 6.45) is -1.56. The number of fused-ring (bicyclic) bond motifs is 1. The van der Waals surface area contributed by atoms with Gasteiger partial charge in [0.2, 0.25) is 11.8 Å². The van der Waals surface area contributed by atoms with Gasteiger partial charge in [0.25, 0.3) is 5.91 Å². The second-order valence-electron chi connectivity index (χ2n) is 5.36. The van der Waals surface area contributed by atoms with E-state index in [4.69, 9.17) is 22.4 Å². The van der Waals surface area contributed by atoms with Crippen LogP contribution in [0.25, 0.3) is 0 Å². The molecule has 0 aliphatic carbocycles. The monoisotopic (exact) mass is 383 g/mol. The lowest BCUT2D eigenvalue weighted by Gasteiger charge is -2.48. The number of nitrogens with one attached hydrogen (secondary N) is 1. The summed E-state index contributed by atoms with van der Waals surface area (Å²) in [4.78, 5) is 36.5. The molecular weight excluding hydrogens is 370 g/mol. The normalized spacial score (nSPS) is 23.4. The van der Waals surface area contributed by atoms with Crippen LogP contribution >= 0.6 is 23.4 Å². The van der Waals surface area contributed by atoms with Gasteiger partial charge in [-0.05, 0) is 5.56 Å². The minimum atomic E-state index is -1.56. The Morgan fingerprint density at radius 2 is 2.08 bits per heavy atom. The average Bonchev–Trinajstić information content (AvgIpc) is 2.60. The average molecular weight is 384 g/mol. The van der Waals surface area contributed by atoms with Crippen LogP contribution in [-0.4, -0.2) is 45.1 Å². The number of amides is 2. The van der Waals surface area contributed by atoms with E-state index in [0.29, 0.717) is 5.56 Å². The Morgan fingerprint density at radius 1 is 1.40 bits per heavy atom. The molecule has 2 heterocycles. The van der Waals surface area contributed by atoms with Gasteiger partial charge >= 0.3 is 6.16 Å². The molecule has 3 rings (SSSR count). The zero-order valence-corrected chi connectivity index (χ0v) is 14.3. The van der Waals surface area contributed by atoms with Crippen molar-refractivity contribution in [1.29, 1.82) is 0 Å². The topological polar surface area (TPSA) is 122 Å². The quantitative estimate of drug-likeness (QED) is 0.527. The van der Waals surface area contributed by atoms with Crippen LogP contribution in [0.4, 0.5) is 4.79 Å². The second kappa shape index (κ2) is 6.95. The highest BCUT2D eigenvalue weighted by Crippen LogP contribution is 2.41. The fraction of sp³-hybridized carbons (Fsp3) is 0.267. The van der Waals surface area contributed by atoms with E-state index < -0.39 is 35.4 Å². The zero-order valence-electron chi connectivity index (χ0n) is 12.7. The number of carbonyl (C=O) groups is 3. The van der Waals surface area contributed by atoms with Crippen LogP contribution in [-0.2, 0) is 14.3 Å². The van der Waals surface area contributed by atoms with E-state index in [9.17, 15) is 14.4 Å². The number of benzene rings is 1. The number of carbonyl (C=O) groups excluding carboxylic acids is 2. The van der Waals surface area contributed by atoms with Crippen LogP contribution in [0.3, 0.4) is 0 Å². The van der Waals surface area contributed by atoms with Crippen molar-refractivity contribution in [2.24, 2.45) is 5.73 Å². The largest absolute Gasteiger partial charge is 0.512 e. The van der Waals surface area contributed by atoms with Crippen LogP contribution < -0.4 is 11.1 Å². The first-order valence-corrected chi connectivity index (χ1v) is 8.68. The van der Waals surface area contributed by atoms with Crippen LogP contribution in [0, 0.1) is 0 Å². The lowest BCUT2D eigenvalue weighted by Crippen LogP contribution is -2.70. The van der Waals surface area contributed by atoms with E-state index >= 15 is 0 Å². The molecule has 2 unspecified atom stereocenters. The van der Waals surface area contributed by atoms with Crippen molar-refractivity contribution in [2.75, 3.05) is 5.75 Å². The van der Waals surface area contributed by atoms with Crippen LogP contribution in [0.2, 0.25) is 0 Å². The van der Waals surface area contributed by atoms with Gasteiger partial charge in [0, 0.05) is 5.75 Å². The zero-order chi connectivity index (χ0) is 18.1. The first-order chi connectivity index (χ1) is 11.9. The number of carboxylic acid groups (broad SMARTS) is 1. The number of hydrogen-bond donors (Lipinski definition) is 3. The number of rotatable bonds is 4. The number of ether oxygens (including phenoxy) is 1. The summed E-state index contributed by atoms with van der Waals surface area (Å²) >= 11 is 7.24. The van der Waals surface area contributed by atoms with Crippen LogP contribution in [0.5, 0.6) is 0 Å². The molecular formula is C15H14ClN3O5S. The molecule has 10 heteroatoms. The third-order valence-electron chi connectivity index (χ3n) is 3.80. The van der Waals surface area contributed by atoms with E-state index in [0.717, 1.165) is 4.90 Å². The number of β-lactam (4-membered cyclic amide) rings is 1. The SMILES string of the molecule is NC(C(=O)NC1C(=O)N2C(OC(=O)O)=C(Cl)CS[C@@H]12)c1ccccc1. The smallest absolute Gasteiger partial charge is 0.449 e. The summed E-state index contributed by atoms with van der Waals surface area (Å²) in [5.41, 5.74) is 6.54. The molecule has 0 radical (unpaired) electrons. The van der Waals surface area contributed by atoms with E-state index in [1.54, 1.807) is 30.3 Å². The fourth-order valence-corrected chi connectivity index (χ4v) is 4.06. The summed E-state index contributed by atoms with van der Waals surface area (Å²) in [5.74, 6) is -0.928. The second-order valence-corrected chi connectivity index (χ2v) is 6.92. The number of nitrogens with two attached hydrogens (primary N) is 1. The number of hydrogen-bond acceptors (Lipinski definition) is 6. The molecule has 1 aromatic rings. The molecule has 0 saturated carbocycles. The van der Waals surface area contributed by atoms with Crippen molar-refractivity contribution < 1.29 is 24.2 Å². The molecule has 2 aliphatic heterocycles. The highest BCUT2D eigenvalue weighted by Gasteiger charge is 2.54. The predicted octanol–water partition coefficient (Wildman–Crippen LogP) is 1.19. The molecule has 0 spiro atoms. The highest BCUT2D eigenvalue weighted by molar-refractivity contribution is 8.00. The maximum atomic E-state index is 12.3. The van der Waals surface area contributed by atoms with Crippen molar-refractivity contribution in [3.8, 4) is 0 Å². The molecule has 2 amide bonds. The molecule has 4 N–H and O–H groups in total. The minimum Gasteiger partial charge on any atom is -0.449 e. The van der Waals surface area contributed by atoms with Gasteiger partial charge in [0.15, 0.2) is 0 Å². The maximum Gasteiger partial charge on any atom is 0.512 e. The third-order valence-corrected chi connectivity index (χ3v) is 5.53. The maximum absolute atomic E-state index is 12.3. The molecule has 3 atom stereocenters. The fourth-order valence-electron chi connectivity index (χ4n) is 2.58. The van der Waals surface area contributed by atoms with Gasteiger partial charge in [-0.2, -0.15) is 0 Å². The molecule has 1 aromatic carbocycles. The van der Waals surface area contributed by atoms with Gasteiger partial charge in [0.1, 0.15) is 17.5 Å². The van der Waals surface area contributed by atoms with Gasteiger partial charge in [-0.1, -0.05) is 41.9 Å². The van der Waals surface area contributed by atoms with Crippen molar-refractivity contribution in [3.63, 3.8) is 0 Å². The summed E-state index contributed by atoms with van der Waals surface area (Å²) in [6.45, 7) is 0. The van der Waals surface area contributed by atoms with Crippen molar-refractivity contribution in [2.45, 2.75) is 17.5 Å². The van der Waals surface area contributed by atoms with E-state index in [2.05, 4.69) is 10.1 Å². The van der Waals surface area contributed by atoms with Crippen molar-refractivity contribution >= 4 is 41.3 Å². The van der Waals surface area contributed by atoms with E-state index in [-0.39, 0.29) is 16.7 Å². The van der Waals surface area contributed by atoms with Gasteiger partial charge in [-0.25, -0.2) is 4.79 Å². The Hall–Kier alpha value is -2.23. The number of halogens is 1. The lowest BCUT2D eigenvalue weighted by molar-refractivity contribution is -0.149. The Bertz CT molecular complexity index is 757. The number of thioether (sulfide) groups is 1. The molecule has 8 nitrogen and oxygen atoms in total. The molecule has 132 valence electrons. The summed E-state index contributed by atoms with van der Waals surface area (Å²) in [5, 5.41) is 11.0. The summed E-state index contributed by atoms with van der Waals surface area (Å²) in [7, 11) is 0. The van der Waals surface area contributed by atoms with Crippen molar-refractivity contribution in [3.05, 3.63) is 46.8 Å². The highest BCUT2D eigenvalue weighted by atomic mass is 35.5. The van der Waals surface area contributed by atoms with Gasteiger partial charge < -0.3 is 20.9 Å². The Labute approximate surface area is 151 Å². The van der Waals surface area contributed by atoms with Crippen molar-refractivity contribution in [1.82, 2.24) is 10.2 Å². The first-order valence-electron chi connectivity index (χ1n) is 7.25. The Morgan fingerprint density at radius 3 is 2.72 bits per heavy atom. The number of nitrogens with zero attached hydrogens (tertiary/aromatic N) is 1. The molecule has 25 heavy (non-hydrogen) atoms. The predicted molar refractivity (Wildman–Crippen MR) is 90.4 cm³/mol. The summed E-state index contributed by atoms with van der Waals surface area (Å²) in [6, 6.07) is 7.04. The Balaban J connectivity index is 1.69. The van der Waals surface area contributed by atoms with Crippen LogP contribution in [0.15, 0.2) is 41.2 Å². The lowest BCUT2D eigenvalue weighted by atomic mass is 10.0. The van der Waals surface area contributed by atoms with Gasteiger partial charge in [0.05, 0.1) is 5.03 Å². The standard InChI is InChI=1S/C15H14ClN3O5S/c16-8-6-25-14-10(12(21)19(14)13(8)24-15(22)23)18-11(20)9(17)7-4-2-1-3-5-7/h1-5,9-10,14H,6,17H2,(H,18,20)(H,22,23)/t9?,10?,14-/m0/s1. The third kappa shape index (κ3) is 3.30. The molecule has 0 aromatic heterocycles. The van der Waals surface area contributed by atoms with Crippen LogP contribution in [0.1, 0.15) is 11.6 Å². The van der Waals surface area contributed by atoms with Gasteiger partial charge in [-0.15, -0.1) is 11.8 Å². The molecule has 0 bridgehead atoms.